The van der Waals surface area contributed by atoms with E-state index in [9.17, 15) is 4.79 Å². The highest BCUT2D eigenvalue weighted by atomic mass is 16.1. The van der Waals surface area contributed by atoms with Gasteiger partial charge in [0.25, 0.3) is 0 Å². The Morgan fingerprint density at radius 1 is 1.56 bits per heavy atom. The minimum atomic E-state index is 0.176. The van der Waals surface area contributed by atoms with Crippen molar-refractivity contribution in [2.45, 2.75) is 13.8 Å². The van der Waals surface area contributed by atoms with Crippen molar-refractivity contribution in [1.29, 1.82) is 0 Å². The van der Waals surface area contributed by atoms with Crippen molar-refractivity contribution in [2.75, 3.05) is 13.6 Å². The first-order valence-electron chi connectivity index (χ1n) is 3.32. The molecule has 2 heteroatoms. The van der Waals surface area contributed by atoms with Gasteiger partial charge in [-0.2, -0.15) is 0 Å². The second kappa shape index (κ2) is 4.50. The van der Waals surface area contributed by atoms with Crippen LogP contribution in [0.1, 0.15) is 13.8 Å². The summed E-state index contributed by atoms with van der Waals surface area (Å²) >= 11 is 0. The van der Waals surface area contributed by atoms with E-state index in [2.05, 4.69) is 19.2 Å². The van der Waals surface area contributed by atoms with Gasteiger partial charge in [0, 0.05) is 12.5 Å². The normalized spacial score (nSPS) is 13.8. The van der Waals surface area contributed by atoms with Crippen molar-refractivity contribution in [3.05, 3.63) is 0 Å². The highest BCUT2D eigenvalue weighted by Gasteiger charge is 2.09. The summed E-state index contributed by atoms with van der Waals surface area (Å²) in [5, 5.41) is 2.97. The number of aldehydes is 1. The summed E-state index contributed by atoms with van der Waals surface area (Å²) in [6, 6.07) is 0. The fourth-order valence-corrected chi connectivity index (χ4v) is 0.677. The smallest absolute Gasteiger partial charge is 0.124 e. The summed E-state index contributed by atoms with van der Waals surface area (Å²) in [6.45, 7) is 4.90. The van der Waals surface area contributed by atoms with Gasteiger partial charge >= 0.3 is 0 Å². The zero-order valence-electron chi connectivity index (χ0n) is 6.35. The molecule has 54 valence electrons. The average Bonchev–Trinajstić information content (AvgIpc) is 1.82. The van der Waals surface area contributed by atoms with E-state index in [1.165, 1.54) is 0 Å². The molecule has 0 aromatic carbocycles. The van der Waals surface area contributed by atoms with Crippen molar-refractivity contribution in [3.8, 4) is 0 Å². The Kier molecular flexibility index (Phi) is 4.32. The Hall–Kier alpha value is -0.370. The second-order valence-corrected chi connectivity index (χ2v) is 2.60. The van der Waals surface area contributed by atoms with Crippen molar-refractivity contribution < 1.29 is 4.79 Å². The molecule has 9 heavy (non-hydrogen) atoms. The summed E-state index contributed by atoms with van der Waals surface area (Å²) in [5.74, 6) is 0.630. The molecule has 0 saturated carbocycles. The molecule has 0 amide bonds. The molecule has 1 unspecified atom stereocenters. The molecular formula is C7H15NO. The van der Waals surface area contributed by atoms with E-state index in [4.69, 9.17) is 0 Å². The molecule has 0 aromatic heterocycles. The van der Waals surface area contributed by atoms with Crippen molar-refractivity contribution >= 4 is 6.29 Å². The van der Waals surface area contributed by atoms with Gasteiger partial charge in [-0.3, -0.25) is 0 Å². The largest absolute Gasteiger partial charge is 0.319 e. The molecule has 0 heterocycles. The maximum absolute atomic E-state index is 10.3. The van der Waals surface area contributed by atoms with Crippen molar-refractivity contribution in [2.24, 2.45) is 11.8 Å². The van der Waals surface area contributed by atoms with Crippen LogP contribution < -0.4 is 5.32 Å². The third-order valence-corrected chi connectivity index (χ3v) is 1.47. The third kappa shape index (κ3) is 3.25. The van der Waals surface area contributed by atoms with Crippen LogP contribution in [0.15, 0.2) is 0 Å². The van der Waals surface area contributed by atoms with Gasteiger partial charge in [0.15, 0.2) is 0 Å². The second-order valence-electron chi connectivity index (χ2n) is 2.60. The molecular weight excluding hydrogens is 114 g/mol. The summed E-state index contributed by atoms with van der Waals surface area (Å²) < 4.78 is 0. The highest BCUT2D eigenvalue weighted by molar-refractivity contribution is 5.54. The molecule has 0 aliphatic carbocycles. The van der Waals surface area contributed by atoms with Gasteiger partial charge in [0.05, 0.1) is 0 Å². The van der Waals surface area contributed by atoms with Crippen LogP contribution in [0.3, 0.4) is 0 Å². The van der Waals surface area contributed by atoms with E-state index in [-0.39, 0.29) is 5.92 Å². The van der Waals surface area contributed by atoms with E-state index in [0.717, 1.165) is 12.8 Å². The van der Waals surface area contributed by atoms with Gasteiger partial charge in [-0.05, 0) is 13.0 Å². The van der Waals surface area contributed by atoms with Gasteiger partial charge in [-0.15, -0.1) is 0 Å². The lowest BCUT2D eigenvalue weighted by molar-refractivity contribution is -0.112. The highest BCUT2D eigenvalue weighted by Crippen LogP contribution is 2.05. The van der Waals surface area contributed by atoms with Crippen LogP contribution in [0.5, 0.6) is 0 Å². The number of carbonyl (C=O) groups excluding carboxylic acids is 1. The first kappa shape index (κ1) is 8.63. The number of nitrogens with one attached hydrogen (secondary N) is 1. The van der Waals surface area contributed by atoms with E-state index in [1.807, 2.05) is 7.05 Å². The predicted octanol–water partition coefficient (Wildman–Crippen LogP) is 0.677. The van der Waals surface area contributed by atoms with Gasteiger partial charge in [-0.25, -0.2) is 0 Å². The monoisotopic (exact) mass is 129 g/mol. The first-order chi connectivity index (χ1) is 4.22. The Bertz CT molecular complexity index is 81.0. The van der Waals surface area contributed by atoms with E-state index < -0.39 is 0 Å². The third-order valence-electron chi connectivity index (χ3n) is 1.47. The Morgan fingerprint density at radius 3 is 2.22 bits per heavy atom. The molecule has 0 aromatic rings. The van der Waals surface area contributed by atoms with Crippen molar-refractivity contribution in [3.63, 3.8) is 0 Å². The number of hydrogen-bond acceptors (Lipinski definition) is 2. The van der Waals surface area contributed by atoms with Crippen LogP contribution in [-0.4, -0.2) is 19.9 Å². The minimum Gasteiger partial charge on any atom is -0.319 e. The quantitative estimate of drug-likeness (QED) is 0.565. The SMILES string of the molecule is CNCC(C=O)C(C)C. The molecule has 0 saturated heterocycles. The van der Waals surface area contributed by atoms with Crippen LogP contribution in [-0.2, 0) is 4.79 Å². The molecule has 0 fully saturated rings. The number of hydrogen-bond donors (Lipinski definition) is 1. The zero-order valence-corrected chi connectivity index (χ0v) is 6.35. The van der Waals surface area contributed by atoms with E-state index >= 15 is 0 Å². The standard InChI is InChI=1S/C7H15NO/c1-6(2)7(5-9)4-8-3/h5-8H,4H2,1-3H3. The van der Waals surface area contributed by atoms with Gasteiger partial charge < -0.3 is 10.1 Å². The molecule has 0 radical (unpaired) electrons. The molecule has 0 bridgehead atoms. The molecule has 0 aliphatic heterocycles. The maximum atomic E-state index is 10.3. The number of rotatable bonds is 4. The number of carbonyl (C=O) groups is 1. The van der Waals surface area contributed by atoms with E-state index in [1.54, 1.807) is 0 Å². The van der Waals surface area contributed by atoms with E-state index in [0.29, 0.717) is 5.92 Å². The lowest BCUT2D eigenvalue weighted by atomic mass is 9.98. The molecule has 2 nitrogen and oxygen atoms in total. The fraction of sp³-hybridized carbons (Fsp3) is 0.857. The van der Waals surface area contributed by atoms with Gasteiger partial charge in [0.1, 0.15) is 6.29 Å². The Morgan fingerprint density at radius 2 is 2.11 bits per heavy atom. The van der Waals surface area contributed by atoms with Gasteiger partial charge in [-0.1, -0.05) is 13.8 Å². The molecule has 1 atom stereocenters. The van der Waals surface area contributed by atoms with Crippen LogP contribution in [0.2, 0.25) is 0 Å². The van der Waals surface area contributed by atoms with Crippen molar-refractivity contribution in [1.82, 2.24) is 5.32 Å². The van der Waals surface area contributed by atoms with Crippen LogP contribution in [0, 0.1) is 11.8 Å². The summed E-state index contributed by atoms with van der Waals surface area (Å²) in [7, 11) is 1.86. The molecule has 0 rings (SSSR count). The summed E-state index contributed by atoms with van der Waals surface area (Å²) in [6.07, 6.45) is 1.02. The molecule has 0 aliphatic rings. The lowest BCUT2D eigenvalue weighted by Crippen LogP contribution is -2.24. The summed E-state index contributed by atoms with van der Waals surface area (Å²) in [5.41, 5.74) is 0. The predicted molar refractivity (Wildman–Crippen MR) is 38.3 cm³/mol. The van der Waals surface area contributed by atoms with Gasteiger partial charge in [0.2, 0.25) is 0 Å². The van der Waals surface area contributed by atoms with Crippen LogP contribution in [0.4, 0.5) is 0 Å². The lowest BCUT2D eigenvalue weighted by Gasteiger charge is -2.12. The zero-order chi connectivity index (χ0) is 7.28. The maximum Gasteiger partial charge on any atom is 0.124 e. The Labute approximate surface area is 56.6 Å². The average molecular weight is 129 g/mol. The molecule has 0 spiro atoms. The summed E-state index contributed by atoms with van der Waals surface area (Å²) in [4.78, 5) is 10.3. The van der Waals surface area contributed by atoms with Crippen LogP contribution in [0.25, 0.3) is 0 Å². The Balaban J connectivity index is 3.54. The topological polar surface area (TPSA) is 29.1 Å². The first-order valence-corrected chi connectivity index (χ1v) is 3.32. The molecule has 1 N–H and O–H groups in total. The minimum absolute atomic E-state index is 0.176. The van der Waals surface area contributed by atoms with Crippen LogP contribution >= 0.6 is 0 Å². The fourth-order valence-electron chi connectivity index (χ4n) is 0.677.